The first-order valence-electron chi connectivity index (χ1n) is 4.97. The molecule has 9 nitrogen and oxygen atoms in total. The molecule has 0 aliphatic carbocycles. The molecule has 19 heavy (non-hydrogen) atoms. The lowest BCUT2D eigenvalue weighted by Gasteiger charge is -2.09. The lowest BCUT2D eigenvalue weighted by atomic mass is 10.1. The monoisotopic (exact) mass is 289 g/mol. The molecule has 1 rings (SSSR count). The molecule has 10 heteroatoms. The summed E-state index contributed by atoms with van der Waals surface area (Å²) in [5.41, 5.74) is -1.01. The summed E-state index contributed by atoms with van der Waals surface area (Å²) in [5, 5.41) is 26.9. The minimum atomic E-state index is -3.74. The van der Waals surface area contributed by atoms with E-state index in [2.05, 4.69) is 5.32 Å². The largest absolute Gasteiger partial charge is 0.478 e. The maximum Gasteiger partial charge on any atom is 0.338 e. The number of nitrogens with two attached hydrogens (primary N) is 1. The Morgan fingerprint density at radius 1 is 1.47 bits per heavy atom. The second-order valence-electron chi connectivity index (χ2n) is 3.56. The Bertz CT molecular complexity index is 580. The van der Waals surface area contributed by atoms with E-state index >= 15 is 0 Å². The highest BCUT2D eigenvalue weighted by atomic mass is 32.2. The van der Waals surface area contributed by atoms with Gasteiger partial charge in [-0.1, -0.05) is 6.07 Å². The van der Waals surface area contributed by atoms with Crippen molar-refractivity contribution in [2.24, 2.45) is 5.14 Å². The van der Waals surface area contributed by atoms with Crippen LogP contribution >= 0.6 is 0 Å². The van der Waals surface area contributed by atoms with Crippen LogP contribution in [0.5, 0.6) is 0 Å². The van der Waals surface area contributed by atoms with Crippen molar-refractivity contribution in [3.05, 3.63) is 33.9 Å². The number of carbonyl (C=O) groups is 1. The summed E-state index contributed by atoms with van der Waals surface area (Å²) in [7, 11) is -3.74. The molecule has 0 aromatic heterocycles. The third-order valence-corrected chi connectivity index (χ3v) is 2.93. The number of para-hydroxylation sites is 1. The summed E-state index contributed by atoms with van der Waals surface area (Å²) >= 11 is 0. The first kappa shape index (κ1) is 14.9. The van der Waals surface area contributed by atoms with E-state index in [1.54, 1.807) is 0 Å². The second kappa shape index (κ2) is 5.63. The molecule has 0 aliphatic heterocycles. The SMILES string of the molecule is NS(=O)(=O)CCNc1c(C(=O)O)cccc1[N+](=O)[O-]. The van der Waals surface area contributed by atoms with Crippen LogP contribution in [0.2, 0.25) is 0 Å². The van der Waals surface area contributed by atoms with Crippen molar-refractivity contribution < 1.29 is 23.2 Å². The highest BCUT2D eigenvalue weighted by Gasteiger charge is 2.21. The third-order valence-electron chi connectivity index (χ3n) is 2.16. The van der Waals surface area contributed by atoms with E-state index in [0.29, 0.717) is 0 Å². The Labute approximate surface area is 108 Å². The van der Waals surface area contributed by atoms with Gasteiger partial charge in [-0.15, -0.1) is 0 Å². The number of primary sulfonamides is 1. The molecule has 0 saturated carbocycles. The van der Waals surface area contributed by atoms with Gasteiger partial charge in [-0.3, -0.25) is 10.1 Å². The molecule has 1 aromatic carbocycles. The van der Waals surface area contributed by atoms with E-state index in [0.717, 1.165) is 6.07 Å². The minimum absolute atomic E-state index is 0.232. The lowest BCUT2D eigenvalue weighted by molar-refractivity contribution is -0.384. The van der Waals surface area contributed by atoms with E-state index < -0.39 is 32.4 Å². The molecule has 0 radical (unpaired) electrons. The van der Waals surface area contributed by atoms with Gasteiger partial charge in [0.25, 0.3) is 5.69 Å². The van der Waals surface area contributed by atoms with Crippen LogP contribution < -0.4 is 10.5 Å². The number of benzene rings is 1. The van der Waals surface area contributed by atoms with Crippen molar-refractivity contribution >= 4 is 27.4 Å². The Kier molecular flexibility index (Phi) is 4.40. The van der Waals surface area contributed by atoms with E-state index in [1.165, 1.54) is 12.1 Å². The van der Waals surface area contributed by atoms with Crippen molar-refractivity contribution in [3.63, 3.8) is 0 Å². The number of anilines is 1. The number of aromatic carboxylic acids is 1. The van der Waals surface area contributed by atoms with Gasteiger partial charge in [-0.25, -0.2) is 18.4 Å². The topological polar surface area (TPSA) is 153 Å². The fourth-order valence-corrected chi connectivity index (χ4v) is 1.76. The fraction of sp³-hybridized carbons (Fsp3) is 0.222. The Morgan fingerprint density at radius 2 is 2.11 bits per heavy atom. The van der Waals surface area contributed by atoms with Gasteiger partial charge in [-0.05, 0) is 6.07 Å². The Hall–Kier alpha value is -2.20. The molecular formula is C9H11N3O6S. The van der Waals surface area contributed by atoms with Gasteiger partial charge < -0.3 is 10.4 Å². The van der Waals surface area contributed by atoms with E-state index in [-0.39, 0.29) is 17.8 Å². The van der Waals surface area contributed by atoms with Crippen LogP contribution in [0.25, 0.3) is 0 Å². The van der Waals surface area contributed by atoms with Gasteiger partial charge in [0.05, 0.1) is 16.2 Å². The second-order valence-corrected chi connectivity index (χ2v) is 5.29. The van der Waals surface area contributed by atoms with Gasteiger partial charge in [0.1, 0.15) is 5.69 Å². The van der Waals surface area contributed by atoms with E-state index in [9.17, 15) is 23.3 Å². The number of sulfonamides is 1. The Morgan fingerprint density at radius 3 is 2.58 bits per heavy atom. The summed E-state index contributed by atoms with van der Waals surface area (Å²) in [5.74, 6) is -1.83. The number of nitro benzene ring substituents is 1. The molecule has 0 aliphatic rings. The van der Waals surface area contributed by atoms with Crippen LogP contribution in [-0.4, -0.2) is 36.7 Å². The average Bonchev–Trinajstić information content (AvgIpc) is 2.26. The number of nitrogens with zero attached hydrogens (tertiary/aromatic N) is 1. The summed E-state index contributed by atoms with van der Waals surface area (Å²) in [6, 6.07) is 3.52. The number of hydrogen-bond donors (Lipinski definition) is 3. The van der Waals surface area contributed by atoms with Gasteiger partial charge in [-0.2, -0.15) is 0 Å². The Balaban J connectivity index is 3.08. The molecule has 0 unspecified atom stereocenters. The normalized spacial score (nSPS) is 11.0. The molecular weight excluding hydrogens is 278 g/mol. The van der Waals surface area contributed by atoms with Gasteiger partial charge in [0, 0.05) is 12.6 Å². The number of carboxylic acid groups (broad SMARTS) is 1. The smallest absolute Gasteiger partial charge is 0.338 e. The van der Waals surface area contributed by atoms with Gasteiger partial charge in [0.2, 0.25) is 10.0 Å². The molecule has 1 aromatic rings. The number of nitrogens with one attached hydrogen (secondary N) is 1. The van der Waals surface area contributed by atoms with Crippen LogP contribution in [0.1, 0.15) is 10.4 Å². The van der Waals surface area contributed by atoms with Crippen LogP contribution in [0, 0.1) is 10.1 Å². The number of rotatable bonds is 6. The molecule has 0 bridgehead atoms. The van der Waals surface area contributed by atoms with Crippen molar-refractivity contribution in [3.8, 4) is 0 Å². The van der Waals surface area contributed by atoms with Crippen molar-refractivity contribution in [1.29, 1.82) is 0 Å². The number of carboxylic acids is 1. The molecule has 0 amide bonds. The zero-order chi connectivity index (χ0) is 14.6. The maximum absolute atomic E-state index is 11.0. The summed E-state index contributed by atoms with van der Waals surface area (Å²) in [6.07, 6.45) is 0. The predicted octanol–water partition coefficient (Wildman–Crippen LogP) is -0.00660. The zero-order valence-electron chi connectivity index (χ0n) is 9.57. The quantitative estimate of drug-likeness (QED) is 0.491. The average molecular weight is 289 g/mol. The molecule has 0 atom stereocenters. The van der Waals surface area contributed by atoms with Crippen LogP contribution in [0.15, 0.2) is 18.2 Å². The molecule has 104 valence electrons. The van der Waals surface area contributed by atoms with Crippen molar-refractivity contribution in [2.45, 2.75) is 0 Å². The molecule has 0 spiro atoms. The third kappa shape index (κ3) is 4.19. The molecule has 4 N–H and O–H groups in total. The van der Waals surface area contributed by atoms with Crippen LogP contribution in [-0.2, 0) is 10.0 Å². The van der Waals surface area contributed by atoms with Crippen molar-refractivity contribution in [1.82, 2.24) is 0 Å². The van der Waals surface area contributed by atoms with Crippen LogP contribution in [0.3, 0.4) is 0 Å². The van der Waals surface area contributed by atoms with Gasteiger partial charge >= 0.3 is 5.97 Å². The first-order valence-corrected chi connectivity index (χ1v) is 6.69. The first-order chi connectivity index (χ1) is 8.72. The van der Waals surface area contributed by atoms with E-state index in [1.807, 2.05) is 0 Å². The minimum Gasteiger partial charge on any atom is -0.478 e. The molecule has 0 saturated heterocycles. The lowest BCUT2D eigenvalue weighted by Crippen LogP contribution is -2.23. The highest BCUT2D eigenvalue weighted by Crippen LogP contribution is 2.28. The van der Waals surface area contributed by atoms with Crippen LogP contribution in [0.4, 0.5) is 11.4 Å². The molecule has 0 fully saturated rings. The molecule has 0 heterocycles. The van der Waals surface area contributed by atoms with Gasteiger partial charge in [0.15, 0.2) is 0 Å². The highest BCUT2D eigenvalue weighted by molar-refractivity contribution is 7.89. The van der Waals surface area contributed by atoms with E-state index in [4.69, 9.17) is 10.2 Å². The maximum atomic E-state index is 11.0. The standard InChI is InChI=1S/C9H11N3O6S/c10-19(17,18)5-4-11-8-6(9(13)14)2-1-3-7(8)12(15)16/h1-3,11H,4-5H2,(H,13,14)(H2,10,17,18). The zero-order valence-corrected chi connectivity index (χ0v) is 10.4. The number of hydrogen-bond acceptors (Lipinski definition) is 6. The summed E-state index contributed by atoms with van der Waals surface area (Å²) < 4.78 is 21.5. The predicted molar refractivity (Wildman–Crippen MR) is 66.5 cm³/mol. The summed E-state index contributed by atoms with van der Waals surface area (Å²) in [6.45, 7) is -0.232. The fourth-order valence-electron chi connectivity index (χ4n) is 1.37. The number of nitro groups is 1. The summed E-state index contributed by atoms with van der Waals surface area (Å²) in [4.78, 5) is 21.0. The van der Waals surface area contributed by atoms with Crippen molar-refractivity contribution in [2.75, 3.05) is 17.6 Å².